The number of aliphatic hydroxyl groups excluding tert-OH is 3. The molecule has 0 aliphatic carbocycles. The van der Waals surface area contributed by atoms with Gasteiger partial charge in [0.2, 0.25) is 0 Å². The third-order valence-corrected chi connectivity index (χ3v) is 5.62. The van der Waals surface area contributed by atoms with Crippen LogP contribution in [0, 0.1) is 27.7 Å². The summed E-state index contributed by atoms with van der Waals surface area (Å²) in [6.07, 6.45) is 0.708. The van der Waals surface area contributed by atoms with E-state index in [9.17, 15) is 15.3 Å². The lowest BCUT2D eigenvalue weighted by atomic mass is 9.81. The summed E-state index contributed by atoms with van der Waals surface area (Å²) < 4.78 is 17.8. The Balaban J connectivity index is 2.90. The lowest BCUT2D eigenvalue weighted by Crippen LogP contribution is -2.16. The molecule has 1 atom stereocenters. The maximum atomic E-state index is 10.3. The highest BCUT2D eigenvalue weighted by molar-refractivity contribution is 5.62. The fourth-order valence-corrected chi connectivity index (χ4v) is 4.42. The van der Waals surface area contributed by atoms with Gasteiger partial charge in [-0.2, -0.15) is 0 Å². The van der Waals surface area contributed by atoms with Crippen LogP contribution in [0.15, 0.2) is 12.1 Å². The van der Waals surface area contributed by atoms with Crippen LogP contribution < -0.4 is 14.2 Å². The Labute approximate surface area is 185 Å². The minimum Gasteiger partial charge on any atom is -0.496 e. The highest BCUT2D eigenvalue weighted by atomic mass is 16.5. The number of benzene rings is 2. The predicted molar refractivity (Wildman–Crippen MR) is 122 cm³/mol. The topological polar surface area (TPSA) is 88.4 Å². The van der Waals surface area contributed by atoms with Crippen LogP contribution in [0.3, 0.4) is 0 Å². The number of aliphatic hydroxyl groups is 3. The first-order chi connectivity index (χ1) is 14.9. The van der Waals surface area contributed by atoms with Gasteiger partial charge in [-0.25, -0.2) is 0 Å². The molecule has 0 aliphatic rings. The van der Waals surface area contributed by atoms with E-state index in [-0.39, 0.29) is 39.0 Å². The zero-order valence-electron chi connectivity index (χ0n) is 19.5. The Morgan fingerprint density at radius 2 is 1.23 bits per heavy atom. The summed E-state index contributed by atoms with van der Waals surface area (Å²) in [6.45, 7) is 10.0. The van der Waals surface area contributed by atoms with Crippen LogP contribution >= 0.6 is 0 Å². The predicted octanol–water partition coefficient (Wildman–Crippen LogP) is 3.71. The van der Waals surface area contributed by atoms with Crippen LogP contribution in [-0.4, -0.2) is 48.9 Å². The molecule has 0 spiro atoms. The minimum absolute atomic E-state index is 0.0951. The highest BCUT2D eigenvalue weighted by Crippen LogP contribution is 2.48. The van der Waals surface area contributed by atoms with Crippen molar-refractivity contribution in [1.82, 2.24) is 0 Å². The third kappa shape index (κ3) is 5.14. The molecule has 1 unspecified atom stereocenters. The Hall–Kier alpha value is -2.28. The molecule has 0 bridgehead atoms. The fourth-order valence-electron chi connectivity index (χ4n) is 4.42. The first kappa shape index (κ1) is 25.0. The van der Waals surface area contributed by atoms with Gasteiger partial charge in [-0.15, -0.1) is 0 Å². The quantitative estimate of drug-likeness (QED) is 0.502. The van der Waals surface area contributed by atoms with Crippen molar-refractivity contribution in [3.05, 3.63) is 51.1 Å². The Morgan fingerprint density at radius 3 is 1.68 bits per heavy atom. The van der Waals surface area contributed by atoms with Gasteiger partial charge in [-0.1, -0.05) is 13.0 Å². The average Bonchev–Trinajstić information content (AvgIpc) is 2.73. The molecule has 31 heavy (non-hydrogen) atoms. The summed E-state index contributed by atoms with van der Waals surface area (Å²) in [4.78, 5) is 0. The van der Waals surface area contributed by atoms with Crippen LogP contribution in [0.1, 0.15) is 58.2 Å². The molecule has 2 aromatic rings. The number of ether oxygens (including phenoxy) is 3. The maximum Gasteiger partial charge on any atom is 0.129 e. The van der Waals surface area contributed by atoms with Gasteiger partial charge in [0.25, 0.3) is 0 Å². The Bertz CT molecular complexity index is 819. The van der Waals surface area contributed by atoms with Crippen LogP contribution in [0.4, 0.5) is 0 Å². The van der Waals surface area contributed by atoms with Crippen LogP contribution in [0.2, 0.25) is 0 Å². The Morgan fingerprint density at radius 1 is 0.742 bits per heavy atom. The lowest BCUT2D eigenvalue weighted by Gasteiger charge is -2.29. The van der Waals surface area contributed by atoms with Gasteiger partial charge in [0.05, 0.1) is 26.9 Å². The number of hydrogen-bond acceptors (Lipinski definition) is 6. The van der Waals surface area contributed by atoms with Crippen molar-refractivity contribution in [2.45, 2.75) is 53.6 Å². The maximum absolute atomic E-state index is 10.3. The molecule has 0 saturated carbocycles. The van der Waals surface area contributed by atoms with Crippen molar-refractivity contribution < 1.29 is 29.5 Å². The second-order valence-corrected chi connectivity index (χ2v) is 7.78. The van der Waals surface area contributed by atoms with E-state index in [0.29, 0.717) is 17.9 Å². The fraction of sp³-hybridized carbons (Fsp3) is 0.520. The van der Waals surface area contributed by atoms with Gasteiger partial charge in [0, 0.05) is 17.0 Å². The van der Waals surface area contributed by atoms with Crippen LogP contribution in [-0.2, 0) is 6.61 Å². The van der Waals surface area contributed by atoms with E-state index in [1.54, 1.807) is 7.11 Å². The van der Waals surface area contributed by atoms with Crippen molar-refractivity contribution in [2.24, 2.45) is 0 Å². The summed E-state index contributed by atoms with van der Waals surface area (Å²) in [5, 5.41) is 29.0. The molecule has 0 saturated heterocycles. The molecule has 0 aliphatic heterocycles. The van der Waals surface area contributed by atoms with Crippen molar-refractivity contribution in [1.29, 1.82) is 0 Å². The molecular weight excluding hydrogens is 396 g/mol. The molecule has 172 valence electrons. The van der Waals surface area contributed by atoms with Gasteiger partial charge in [-0.05, 0) is 68.0 Å². The van der Waals surface area contributed by atoms with E-state index in [1.807, 2.05) is 39.8 Å². The SMILES string of the molecule is CCC(c1c(CO)c(C)cc(C)c1OCCO)c1c(OC)c(C)cc(C)c1OCCO. The van der Waals surface area contributed by atoms with Gasteiger partial charge >= 0.3 is 0 Å². The number of rotatable bonds is 11. The molecule has 2 aromatic carbocycles. The number of aryl methyl sites for hydroxylation is 4. The van der Waals surface area contributed by atoms with E-state index < -0.39 is 0 Å². The largest absolute Gasteiger partial charge is 0.496 e. The van der Waals surface area contributed by atoms with Crippen molar-refractivity contribution in [2.75, 3.05) is 33.5 Å². The molecule has 0 fully saturated rings. The molecule has 0 aromatic heterocycles. The second kappa shape index (κ2) is 11.4. The van der Waals surface area contributed by atoms with Gasteiger partial charge < -0.3 is 29.5 Å². The summed E-state index contributed by atoms with van der Waals surface area (Å²) >= 11 is 0. The first-order valence-corrected chi connectivity index (χ1v) is 10.7. The van der Waals surface area contributed by atoms with E-state index in [4.69, 9.17) is 14.2 Å². The molecule has 3 N–H and O–H groups in total. The molecule has 6 heteroatoms. The number of hydrogen-bond donors (Lipinski definition) is 3. The minimum atomic E-state index is -0.184. The number of methoxy groups -OCH3 is 1. The molecule has 2 rings (SSSR count). The summed E-state index contributed by atoms with van der Waals surface area (Å²) in [7, 11) is 1.64. The molecule has 0 heterocycles. The average molecular weight is 433 g/mol. The molecule has 6 nitrogen and oxygen atoms in total. The van der Waals surface area contributed by atoms with E-state index in [2.05, 4.69) is 6.92 Å². The second-order valence-electron chi connectivity index (χ2n) is 7.78. The molecular formula is C25H36O6. The normalized spacial score (nSPS) is 12.0. The summed E-state index contributed by atoms with van der Waals surface area (Å²) in [5.41, 5.74) is 6.42. The molecule has 0 radical (unpaired) electrons. The lowest BCUT2D eigenvalue weighted by molar-refractivity contribution is 0.196. The van der Waals surface area contributed by atoms with Gasteiger partial charge in [0.15, 0.2) is 0 Å². The van der Waals surface area contributed by atoms with Crippen LogP contribution in [0.25, 0.3) is 0 Å². The van der Waals surface area contributed by atoms with Crippen molar-refractivity contribution >= 4 is 0 Å². The summed E-state index contributed by atoms with van der Waals surface area (Å²) in [6, 6.07) is 4.01. The Kier molecular flexibility index (Phi) is 9.16. The zero-order valence-corrected chi connectivity index (χ0v) is 19.5. The van der Waals surface area contributed by atoms with Gasteiger partial charge in [0.1, 0.15) is 30.5 Å². The van der Waals surface area contributed by atoms with Gasteiger partial charge in [-0.3, -0.25) is 0 Å². The summed E-state index contributed by atoms with van der Waals surface area (Å²) in [5.74, 6) is 1.89. The van der Waals surface area contributed by atoms with Crippen molar-refractivity contribution in [3.63, 3.8) is 0 Å². The van der Waals surface area contributed by atoms with E-state index in [0.717, 1.165) is 44.7 Å². The first-order valence-electron chi connectivity index (χ1n) is 10.7. The monoisotopic (exact) mass is 432 g/mol. The third-order valence-electron chi connectivity index (χ3n) is 5.62. The molecule has 0 amide bonds. The zero-order chi connectivity index (χ0) is 23.1. The van der Waals surface area contributed by atoms with E-state index in [1.165, 1.54) is 0 Å². The highest BCUT2D eigenvalue weighted by Gasteiger charge is 2.30. The standard InChI is InChI=1S/C25H36O6/c1-7-19(21-20(14-28)15(2)12-17(4)24(21)30-10-8-26)22-23(29-6)16(3)13-18(5)25(22)31-11-9-27/h12-13,19,26-28H,7-11,14H2,1-6H3. The van der Waals surface area contributed by atoms with Crippen LogP contribution in [0.5, 0.6) is 17.2 Å². The smallest absolute Gasteiger partial charge is 0.129 e. The van der Waals surface area contributed by atoms with Crippen molar-refractivity contribution in [3.8, 4) is 17.2 Å². The van der Waals surface area contributed by atoms with E-state index >= 15 is 0 Å².